The molecule has 5 rings (SSSR count). The number of aryl methyl sites for hydroxylation is 1. The molecule has 4 heterocycles. The van der Waals surface area contributed by atoms with Gasteiger partial charge >= 0.3 is 0 Å². The van der Waals surface area contributed by atoms with Crippen LogP contribution < -0.4 is 4.74 Å². The van der Waals surface area contributed by atoms with Gasteiger partial charge < -0.3 is 9.64 Å². The first-order valence-electron chi connectivity index (χ1n) is 9.82. The largest absolute Gasteiger partial charge is 0.472 e. The molecular formula is C22H21N5O2. The van der Waals surface area contributed by atoms with Crippen molar-refractivity contribution in [3.05, 3.63) is 66.4 Å². The Morgan fingerprint density at radius 2 is 1.86 bits per heavy atom. The lowest BCUT2D eigenvalue weighted by Gasteiger charge is -2.33. The zero-order chi connectivity index (χ0) is 19.8. The van der Waals surface area contributed by atoms with E-state index in [4.69, 9.17) is 4.74 Å². The Morgan fingerprint density at radius 3 is 2.62 bits per heavy atom. The summed E-state index contributed by atoms with van der Waals surface area (Å²) in [4.78, 5) is 32.6. The van der Waals surface area contributed by atoms with E-state index >= 15 is 0 Å². The van der Waals surface area contributed by atoms with Crippen LogP contribution in [0.5, 0.6) is 5.88 Å². The number of ether oxygens (including phenoxy) is 1. The van der Waals surface area contributed by atoms with Crippen LogP contribution in [-0.2, 0) is 0 Å². The number of pyridine rings is 2. The van der Waals surface area contributed by atoms with Crippen molar-refractivity contribution in [1.82, 2.24) is 24.8 Å². The van der Waals surface area contributed by atoms with Crippen molar-refractivity contribution < 1.29 is 9.53 Å². The van der Waals surface area contributed by atoms with E-state index in [-0.39, 0.29) is 18.1 Å². The Morgan fingerprint density at radius 1 is 1.03 bits per heavy atom. The molecule has 2 fully saturated rings. The summed E-state index contributed by atoms with van der Waals surface area (Å²) >= 11 is 0. The molecule has 1 aliphatic carbocycles. The van der Waals surface area contributed by atoms with Gasteiger partial charge in [0, 0.05) is 37.4 Å². The maximum Gasteiger partial charge on any atom is 0.273 e. The Hall–Kier alpha value is -3.35. The molecule has 1 saturated heterocycles. The Balaban J connectivity index is 1.39. The Bertz CT molecular complexity index is 1020. The van der Waals surface area contributed by atoms with Gasteiger partial charge in [-0.1, -0.05) is 6.07 Å². The third kappa shape index (κ3) is 3.33. The molecule has 0 aromatic carbocycles. The van der Waals surface area contributed by atoms with Crippen molar-refractivity contribution in [3.8, 4) is 17.3 Å². The number of carbonyl (C=O) groups is 1. The van der Waals surface area contributed by atoms with E-state index < -0.39 is 0 Å². The molecule has 146 valence electrons. The molecule has 3 aromatic rings. The number of hydrogen-bond acceptors (Lipinski definition) is 6. The van der Waals surface area contributed by atoms with Crippen molar-refractivity contribution >= 4 is 5.91 Å². The number of carbonyl (C=O) groups excluding carboxylic acids is 1. The summed E-state index contributed by atoms with van der Waals surface area (Å²) in [7, 11) is 0. The van der Waals surface area contributed by atoms with E-state index in [0.29, 0.717) is 28.9 Å². The molecule has 0 N–H and O–H groups in total. The van der Waals surface area contributed by atoms with Crippen LogP contribution in [-0.4, -0.2) is 49.4 Å². The summed E-state index contributed by atoms with van der Waals surface area (Å²) in [6.45, 7) is 2.73. The molecule has 3 unspecified atom stereocenters. The summed E-state index contributed by atoms with van der Waals surface area (Å²) in [5.41, 5.74) is 2.13. The summed E-state index contributed by atoms with van der Waals surface area (Å²) in [6.07, 6.45) is 8.62. The van der Waals surface area contributed by atoms with E-state index in [2.05, 4.69) is 19.9 Å². The average Bonchev–Trinajstić information content (AvgIpc) is 3.36. The van der Waals surface area contributed by atoms with Crippen LogP contribution >= 0.6 is 0 Å². The highest BCUT2D eigenvalue weighted by Crippen LogP contribution is 2.40. The van der Waals surface area contributed by atoms with Crippen LogP contribution in [0.1, 0.15) is 28.9 Å². The van der Waals surface area contributed by atoms with Gasteiger partial charge in [0.25, 0.3) is 5.91 Å². The van der Waals surface area contributed by atoms with Crippen molar-refractivity contribution in [1.29, 1.82) is 0 Å². The van der Waals surface area contributed by atoms with Crippen molar-refractivity contribution in [3.63, 3.8) is 0 Å². The second kappa shape index (κ2) is 7.24. The molecule has 2 bridgehead atoms. The van der Waals surface area contributed by atoms with Crippen molar-refractivity contribution in [2.75, 3.05) is 6.54 Å². The van der Waals surface area contributed by atoms with Gasteiger partial charge in [0.15, 0.2) is 5.82 Å². The summed E-state index contributed by atoms with van der Waals surface area (Å²) in [6, 6.07) is 9.29. The van der Waals surface area contributed by atoms with E-state index in [1.165, 1.54) is 0 Å². The van der Waals surface area contributed by atoms with Gasteiger partial charge in [0.2, 0.25) is 5.88 Å². The Labute approximate surface area is 168 Å². The molecule has 0 spiro atoms. The normalized spacial score (nSPS) is 22.7. The van der Waals surface area contributed by atoms with Gasteiger partial charge in [0.1, 0.15) is 11.8 Å². The minimum atomic E-state index is -0.0919. The standard InChI is InChI=1S/C22H21N5O2/c1-14-5-6-19(26-12-14)29-18-11-15-10-17(18)27(13-15)22(28)20-16(4-2-7-23-20)21-24-8-3-9-25-21/h2-9,12,15,17-18H,10-11,13H2,1H3. The SMILES string of the molecule is Cc1ccc(OC2CC3CC2N(C(=O)c2ncccc2-c2ncccn2)C3)nc1. The first-order chi connectivity index (χ1) is 14.2. The topological polar surface area (TPSA) is 81.1 Å². The van der Waals surface area contributed by atoms with Gasteiger partial charge in [-0.2, -0.15) is 0 Å². The number of hydrogen-bond donors (Lipinski definition) is 0. The van der Waals surface area contributed by atoms with Crippen LogP contribution in [0.3, 0.4) is 0 Å². The maximum atomic E-state index is 13.4. The minimum Gasteiger partial charge on any atom is -0.472 e. The summed E-state index contributed by atoms with van der Waals surface area (Å²) in [5, 5.41) is 0. The zero-order valence-corrected chi connectivity index (χ0v) is 16.1. The summed E-state index contributed by atoms with van der Waals surface area (Å²) in [5.74, 6) is 1.46. The van der Waals surface area contributed by atoms with E-state index in [9.17, 15) is 4.79 Å². The van der Waals surface area contributed by atoms with E-state index in [1.807, 2.05) is 30.0 Å². The highest BCUT2D eigenvalue weighted by atomic mass is 16.5. The highest BCUT2D eigenvalue weighted by Gasteiger charge is 2.49. The molecule has 2 aliphatic rings. The zero-order valence-electron chi connectivity index (χ0n) is 16.1. The third-order valence-electron chi connectivity index (χ3n) is 5.66. The molecule has 29 heavy (non-hydrogen) atoms. The molecule has 1 aliphatic heterocycles. The quantitative estimate of drug-likeness (QED) is 0.685. The molecule has 0 radical (unpaired) electrons. The van der Waals surface area contributed by atoms with Crippen LogP contribution in [0.4, 0.5) is 0 Å². The first kappa shape index (κ1) is 17.7. The van der Waals surface area contributed by atoms with Crippen LogP contribution in [0.25, 0.3) is 11.4 Å². The van der Waals surface area contributed by atoms with Crippen molar-refractivity contribution in [2.24, 2.45) is 5.92 Å². The van der Waals surface area contributed by atoms with Gasteiger partial charge in [0.05, 0.1) is 11.6 Å². The third-order valence-corrected chi connectivity index (χ3v) is 5.66. The number of rotatable bonds is 4. The monoisotopic (exact) mass is 387 g/mol. The number of fused-ring (bicyclic) bond motifs is 2. The molecule has 1 amide bonds. The fourth-order valence-electron chi connectivity index (χ4n) is 4.34. The van der Waals surface area contributed by atoms with Gasteiger partial charge in [-0.25, -0.2) is 15.0 Å². The lowest BCUT2D eigenvalue weighted by Crippen LogP contribution is -2.47. The number of aromatic nitrogens is 4. The molecule has 7 nitrogen and oxygen atoms in total. The van der Waals surface area contributed by atoms with Gasteiger partial charge in [-0.3, -0.25) is 9.78 Å². The maximum absolute atomic E-state index is 13.4. The summed E-state index contributed by atoms with van der Waals surface area (Å²) < 4.78 is 6.15. The molecular weight excluding hydrogens is 366 g/mol. The van der Waals surface area contributed by atoms with Crippen LogP contribution in [0, 0.1) is 12.8 Å². The minimum absolute atomic E-state index is 0.0298. The van der Waals surface area contributed by atoms with E-state index in [1.54, 1.807) is 36.9 Å². The van der Waals surface area contributed by atoms with Gasteiger partial charge in [-0.15, -0.1) is 0 Å². The fraction of sp³-hybridized carbons (Fsp3) is 0.318. The average molecular weight is 387 g/mol. The first-order valence-corrected chi connectivity index (χ1v) is 9.82. The second-order valence-electron chi connectivity index (χ2n) is 7.66. The van der Waals surface area contributed by atoms with Crippen molar-refractivity contribution in [2.45, 2.75) is 31.9 Å². The number of nitrogens with zero attached hydrogens (tertiary/aromatic N) is 5. The number of amides is 1. The Kier molecular flexibility index (Phi) is 4.42. The predicted molar refractivity (Wildman–Crippen MR) is 106 cm³/mol. The predicted octanol–water partition coefficient (Wildman–Crippen LogP) is 2.92. The lowest BCUT2D eigenvalue weighted by molar-refractivity contribution is 0.0462. The molecule has 7 heteroatoms. The number of likely N-dealkylation sites (tertiary alicyclic amines) is 1. The van der Waals surface area contributed by atoms with E-state index in [0.717, 1.165) is 24.9 Å². The fourth-order valence-corrected chi connectivity index (χ4v) is 4.34. The molecule has 3 aromatic heterocycles. The highest BCUT2D eigenvalue weighted by molar-refractivity contribution is 5.98. The number of piperidine rings is 1. The van der Waals surface area contributed by atoms with Crippen LogP contribution in [0.15, 0.2) is 55.1 Å². The molecule has 1 saturated carbocycles. The molecule has 3 atom stereocenters. The van der Waals surface area contributed by atoms with Crippen LogP contribution in [0.2, 0.25) is 0 Å². The lowest BCUT2D eigenvalue weighted by atomic mass is 10.1. The second-order valence-corrected chi connectivity index (χ2v) is 7.66. The van der Waals surface area contributed by atoms with Gasteiger partial charge in [-0.05, 0) is 49.4 Å². The smallest absolute Gasteiger partial charge is 0.273 e.